The minimum atomic E-state index is -0.0328. The Morgan fingerprint density at radius 1 is 0.194 bits per heavy atom. The summed E-state index contributed by atoms with van der Waals surface area (Å²) in [5, 5.41) is 9.24. The van der Waals surface area contributed by atoms with Crippen LogP contribution in [0.2, 0.25) is 0 Å². The van der Waals surface area contributed by atoms with Gasteiger partial charge in [0.2, 0.25) is 26.9 Å². The summed E-state index contributed by atoms with van der Waals surface area (Å²) in [7, 11) is 0. The van der Waals surface area contributed by atoms with E-state index in [1.807, 2.05) is 0 Å². The van der Waals surface area contributed by atoms with E-state index in [0.717, 1.165) is 38.7 Å². The Morgan fingerprint density at radius 3 is 0.769 bits per heavy atom. The lowest BCUT2D eigenvalue weighted by Crippen LogP contribution is -2.73. The van der Waals surface area contributed by atoms with E-state index in [1.54, 1.807) is 32.6 Å². The maximum absolute atomic E-state index is 3.00. The summed E-state index contributed by atoms with van der Waals surface area (Å²) in [5.74, 6) is 0. The second kappa shape index (κ2) is 19.9. The zero-order valence-corrected chi connectivity index (χ0v) is 59.1. The Balaban J connectivity index is 0.805. The SMILES string of the molecule is c1ccc(-c2ccc3c(c2)B2c4cc(-c5ccccc5)ccc4N4c5ccc(-c6ccccc6)cc5B5CN6CB7CN8c9ccc(-c%10ccccc%10)cc9B9c%10cc(-c%11ccccc%11)ccc%10N%10c%11ccc(-c%12ccccc%12)cc%11B%11CN%12CB%13CN3c3c2c4c5c2c6c4c7c5c8c9c%10c%11c5c%12c4c%13c32)cc1. The van der Waals surface area contributed by atoms with Crippen molar-refractivity contribution in [3.8, 4) is 66.8 Å². The number of nitrogens with zero attached hydrogens (tertiary/aromatic N) is 6. The molecule has 0 atom stereocenters. The van der Waals surface area contributed by atoms with E-state index in [2.05, 4.69) is 321 Å². The molecule has 0 bridgehead atoms. The topological polar surface area (TPSA) is 19.4 Å². The molecule has 12 aliphatic heterocycles. The molecular weight excluding hydrogens is 1300 g/mol. The van der Waals surface area contributed by atoms with Gasteiger partial charge in [-0.25, -0.2) is 0 Å². The first-order chi connectivity index (χ1) is 53.6. The lowest BCUT2D eigenvalue weighted by molar-refractivity contribution is 0.997. The number of rotatable bonds is 6. The van der Waals surface area contributed by atoms with Crippen LogP contribution in [0, 0.1) is 0 Å². The second-order valence-electron chi connectivity index (χ2n) is 32.7. The average Bonchev–Trinajstić information content (AvgIpc) is 0.635. The van der Waals surface area contributed by atoms with Gasteiger partial charge in [0.25, 0.3) is 13.4 Å². The number of hydrogen-bond donors (Lipinski definition) is 0. The molecule has 0 aliphatic carbocycles. The maximum Gasteiger partial charge on any atom is 0.252 e. The molecule has 0 radical (unpaired) electrons. The Kier molecular flexibility index (Phi) is 10.5. The number of anilines is 12. The first-order valence-electron chi connectivity index (χ1n) is 39.1. The van der Waals surface area contributed by atoms with Gasteiger partial charge in [-0.3, -0.25) is 0 Å². The fourth-order valence-electron chi connectivity index (χ4n) is 23.9. The quantitative estimate of drug-likeness (QED) is 0.121. The fraction of sp³-hybridized carbons (Fsp3) is 0.0625. The fourth-order valence-corrected chi connectivity index (χ4v) is 23.9. The largest absolute Gasteiger partial charge is 0.384 e. The van der Waals surface area contributed by atoms with Gasteiger partial charge in [0.1, 0.15) is 0 Å². The van der Waals surface area contributed by atoms with Crippen molar-refractivity contribution in [2.24, 2.45) is 0 Å². The van der Waals surface area contributed by atoms with Crippen LogP contribution in [0.3, 0.4) is 0 Å². The van der Waals surface area contributed by atoms with Crippen molar-refractivity contribution in [3.05, 3.63) is 291 Å². The zero-order chi connectivity index (χ0) is 69.4. The summed E-state index contributed by atoms with van der Waals surface area (Å²) >= 11 is 0. The standard InChI is InChI=1S/C96H60B6N6/c1-7-19-55(20-8-1)61-33-39-75-67(43-61)99-53-103-49-97-51-106-74-38-32-64(58-25-13-4-14-26-58)46-70(74)102-72-48-66(60-29-17-6-18-30-60)36-42-78(72)108-76-40-34-62(56-21-9-2-10-22-56)44-68(76)100-54-104-50-98-52-105-73-37-31-63(57-23-11-3-12-24-57)45-69(73)101-71-47-65(59-27-15-5-16-28-59)35-41-77(71)107(75)95-87(99)83-81(93(105)89(95)101)85(98)80-79(91(83)103)86(97)82-84(92(80)104)88(100)96(108)90(102)94(82)106/h1-48H,49-54H2. The highest BCUT2D eigenvalue weighted by molar-refractivity contribution is 7.06. The van der Waals surface area contributed by atoms with Crippen LogP contribution in [0.5, 0.6) is 0 Å². The van der Waals surface area contributed by atoms with Crippen molar-refractivity contribution in [2.75, 3.05) is 68.1 Å². The van der Waals surface area contributed by atoms with Gasteiger partial charge in [0.15, 0.2) is 0 Å². The molecule has 12 heterocycles. The van der Waals surface area contributed by atoms with Gasteiger partial charge >= 0.3 is 0 Å². The Hall–Kier alpha value is -12.5. The molecule has 108 heavy (non-hydrogen) atoms. The third-order valence-electron chi connectivity index (χ3n) is 27.9. The van der Waals surface area contributed by atoms with E-state index in [-0.39, 0.29) is 40.3 Å². The summed E-state index contributed by atoms with van der Waals surface area (Å²) in [5.41, 5.74) is 49.6. The molecule has 0 amide bonds. The number of benzene rings is 16. The van der Waals surface area contributed by atoms with Crippen molar-refractivity contribution in [1.29, 1.82) is 0 Å². The van der Waals surface area contributed by atoms with Crippen molar-refractivity contribution < 1.29 is 0 Å². The molecule has 0 aromatic heterocycles. The minimum Gasteiger partial charge on any atom is -0.384 e. The number of fused-ring (bicyclic) bond motifs is 18. The lowest BCUT2D eigenvalue weighted by atomic mass is 9.26. The lowest BCUT2D eigenvalue weighted by Gasteiger charge is -2.57. The highest BCUT2D eigenvalue weighted by atomic mass is 15.2. The summed E-state index contributed by atoms with van der Waals surface area (Å²) in [4.78, 5) is 17.4. The smallest absolute Gasteiger partial charge is 0.252 e. The van der Waals surface area contributed by atoms with Crippen molar-refractivity contribution >= 4 is 206 Å². The van der Waals surface area contributed by atoms with Crippen molar-refractivity contribution in [3.63, 3.8) is 0 Å². The predicted octanol–water partition coefficient (Wildman–Crippen LogP) is 12.8. The van der Waals surface area contributed by atoms with Crippen LogP contribution in [0.1, 0.15) is 0 Å². The van der Waals surface area contributed by atoms with Gasteiger partial charge in [-0.2, -0.15) is 0 Å². The normalized spacial score (nSPS) is 15.9. The van der Waals surface area contributed by atoms with Gasteiger partial charge in [0, 0.05) is 128 Å². The summed E-state index contributed by atoms with van der Waals surface area (Å²) in [6.45, 7) is 0.571. The molecule has 12 aliphatic rings. The van der Waals surface area contributed by atoms with Crippen LogP contribution in [-0.4, -0.2) is 78.9 Å². The van der Waals surface area contributed by atoms with Crippen LogP contribution >= 0.6 is 0 Å². The third kappa shape index (κ3) is 6.86. The highest BCUT2D eigenvalue weighted by Crippen LogP contribution is 2.59. The van der Waals surface area contributed by atoms with Gasteiger partial charge in [0.05, 0.1) is 11.4 Å². The zero-order valence-electron chi connectivity index (χ0n) is 59.1. The molecular formula is C96H60B6N6. The van der Waals surface area contributed by atoms with Crippen molar-refractivity contribution in [2.45, 2.75) is 0 Å². The molecule has 0 saturated carbocycles. The molecule has 16 aromatic carbocycles. The monoisotopic (exact) mass is 1360 g/mol. The van der Waals surface area contributed by atoms with Crippen LogP contribution in [0.15, 0.2) is 291 Å². The van der Waals surface area contributed by atoms with E-state index < -0.39 is 0 Å². The summed E-state index contributed by atoms with van der Waals surface area (Å²) in [6.07, 6.45) is 5.47. The van der Waals surface area contributed by atoms with Crippen molar-refractivity contribution in [1.82, 2.24) is 0 Å². The van der Waals surface area contributed by atoms with Gasteiger partial charge in [-0.1, -0.05) is 266 Å². The molecule has 0 spiro atoms. The predicted molar refractivity (Wildman–Crippen MR) is 462 cm³/mol. The Morgan fingerprint density at radius 2 is 0.454 bits per heavy atom. The average molecular weight is 1360 g/mol. The molecule has 28 rings (SSSR count). The van der Waals surface area contributed by atoms with E-state index in [9.17, 15) is 0 Å². The molecule has 16 aromatic rings. The summed E-state index contributed by atoms with van der Waals surface area (Å²) in [6, 6.07) is 113. The van der Waals surface area contributed by atoms with Gasteiger partial charge < -0.3 is 29.4 Å². The van der Waals surface area contributed by atoms with E-state index >= 15 is 0 Å². The minimum absolute atomic E-state index is 0.0328. The van der Waals surface area contributed by atoms with Gasteiger partial charge in [-0.05, 0) is 158 Å². The molecule has 0 N–H and O–H groups in total. The van der Waals surface area contributed by atoms with Crippen LogP contribution in [0.25, 0.3) is 99.1 Å². The third-order valence-corrected chi connectivity index (χ3v) is 27.9. The van der Waals surface area contributed by atoms with Gasteiger partial charge in [-0.15, -0.1) is 0 Å². The number of hydrogen-bond acceptors (Lipinski definition) is 6. The molecule has 492 valence electrons. The molecule has 0 saturated heterocycles. The molecule has 12 heteroatoms. The Bertz CT molecular complexity index is 6490. The molecule has 0 fully saturated rings. The van der Waals surface area contributed by atoms with E-state index in [0.29, 0.717) is 0 Å². The first-order valence-corrected chi connectivity index (χ1v) is 39.1. The van der Waals surface area contributed by atoms with Crippen LogP contribution in [-0.2, 0) is 0 Å². The maximum atomic E-state index is 3.00. The second-order valence-corrected chi connectivity index (χ2v) is 32.7. The van der Waals surface area contributed by atoms with E-state index in [1.165, 1.54) is 200 Å². The molecule has 6 nitrogen and oxygen atoms in total. The Labute approximate surface area is 628 Å². The van der Waals surface area contributed by atoms with Crippen LogP contribution in [0.4, 0.5) is 68.2 Å². The van der Waals surface area contributed by atoms with Crippen LogP contribution < -0.4 is 95.0 Å². The highest BCUT2D eigenvalue weighted by Gasteiger charge is 2.60. The first kappa shape index (κ1) is 56.8. The molecule has 0 unspecified atom stereocenters. The van der Waals surface area contributed by atoms with E-state index in [4.69, 9.17) is 0 Å². The summed E-state index contributed by atoms with van der Waals surface area (Å²) < 4.78 is 0.